The van der Waals surface area contributed by atoms with Crippen molar-refractivity contribution in [1.82, 2.24) is 16.0 Å². The van der Waals surface area contributed by atoms with Gasteiger partial charge in [-0.15, -0.1) is 24.0 Å². The van der Waals surface area contributed by atoms with E-state index < -0.39 is 11.7 Å². The Hall–Kier alpha value is -1.97. The second kappa shape index (κ2) is 10.2. The normalized spacial score (nSPS) is 11.6. The van der Waals surface area contributed by atoms with Crippen LogP contribution < -0.4 is 16.0 Å². The van der Waals surface area contributed by atoms with E-state index in [0.717, 1.165) is 16.7 Å². The Morgan fingerprint density at radius 3 is 2.50 bits per heavy atom. The molecule has 1 aromatic heterocycles. The Morgan fingerprint density at radius 1 is 1.15 bits per heavy atom. The minimum Gasteiger partial charge on any atom is -0.459 e. The minimum absolute atomic E-state index is 0. The molecule has 0 radical (unpaired) electrons. The first-order valence-electron chi connectivity index (χ1n) is 8.26. The molecule has 1 heterocycles. The van der Waals surface area contributed by atoms with Gasteiger partial charge in [-0.3, -0.25) is 4.99 Å². The van der Waals surface area contributed by atoms with Crippen LogP contribution in [0.5, 0.6) is 0 Å². The zero-order valence-corrected chi connectivity index (χ0v) is 17.9. The number of fused-ring (bicyclic) bond motifs is 1. The molecule has 0 atom stereocenters. The van der Waals surface area contributed by atoms with E-state index in [4.69, 9.17) is 9.15 Å². The van der Waals surface area contributed by atoms with Crippen LogP contribution >= 0.6 is 24.0 Å². The maximum absolute atomic E-state index is 11.5. The van der Waals surface area contributed by atoms with Crippen molar-refractivity contribution in [2.45, 2.75) is 32.9 Å². The number of carbonyl (C=O) groups excluding carboxylic acids is 1. The number of halogens is 1. The summed E-state index contributed by atoms with van der Waals surface area (Å²) >= 11 is 0. The van der Waals surface area contributed by atoms with Gasteiger partial charge in [-0.2, -0.15) is 0 Å². The molecule has 3 N–H and O–H groups in total. The highest BCUT2D eigenvalue weighted by molar-refractivity contribution is 14.0. The molecule has 0 aliphatic heterocycles. The first-order valence-corrected chi connectivity index (χ1v) is 8.26. The number of hydrogen-bond acceptors (Lipinski definition) is 4. The van der Waals surface area contributed by atoms with Gasteiger partial charge in [0.05, 0.1) is 6.54 Å². The summed E-state index contributed by atoms with van der Waals surface area (Å²) in [5.74, 6) is 1.46. The van der Waals surface area contributed by atoms with Crippen molar-refractivity contribution in [1.29, 1.82) is 0 Å². The van der Waals surface area contributed by atoms with E-state index in [2.05, 4.69) is 20.9 Å². The fourth-order valence-corrected chi connectivity index (χ4v) is 2.18. The van der Waals surface area contributed by atoms with Crippen molar-refractivity contribution < 1.29 is 13.9 Å². The smallest absolute Gasteiger partial charge is 0.407 e. The Morgan fingerprint density at radius 2 is 1.85 bits per heavy atom. The van der Waals surface area contributed by atoms with Gasteiger partial charge in [-0.25, -0.2) is 4.79 Å². The van der Waals surface area contributed by atoms with Gasteiger partial charge in [-0.1, -0.05) is 18.2 Å². The van der Waals surface area contributed by atoms with Gasteiger partial charge >= 0.3 is 6.09 Å². The molecule has 0 unspecified atom stereocenters. The van der Waals surface area contributed by atoms with Crippen molar-refractivity contribution in [3.05, 3.63) is 36.1 Å². The Bertz CT molecular complexity index is 704. The number of alkyl carbamates (subject to hydrolysis) is 1. The van der Waals surface area contributed by atoms with E-state index in [1.54, 1.807) is 7.05 Å². The summed E-state index contributed by atoms with van der Waals surface area (Å²) in [6.07, 6.45) is -0.431. The number of amides is 1. The van der Waals surface area contributed by atoms with Gasteiger partial charge in [0.25, 0.3) is 0 Å². The van der Waals surface area contributed by atoms with Gasteiger partial charge in [-0.05, 0) is 32.9 Å². The predicted molar refractivity (Wildman–Crippen MR) is 114 cm³/mol. The highest BCUT2D eigenvalue weighted by atomic mass is 127. The lowest BCUT2D eigenvalue weighted by Crippen LogP contribution is -2.42. The quantitative estimate of drug-likeness (QED) is 0.268. The number of rotatable bonds is 5. The Balaban J connectivity index is 0.00000338. The predicted octanol–water partition coefficient (Wildman–Crippen LogP) is 3.24. The number of ether oxygens (including phenoxy) is 1. The van der Waals surface area contributed by atoms with Crippen LogP contribution in [0.15, 0.2) is 39.7 Å². The van der Waals surface area contributed by atoms with Crippen LogP contribution in [0.25, 0.3) is 11.0 Å². The third kappa shape index (κ3) is 7.51. The number of carbonyl (C=O) groups is 1. The molecule has 0 saturated carbocycles. The van der Waals surface area contributed by atoms with E-state index in [1.807, 2.05) is 51.1 Å². The molecule has 26 heavy (non-hydrogen) atoms. The fraction of sp³-hybridized carbons (Fsp3) is 0.444. The molecular weight excluding hydrogens is 447 g/mol. The first kappa shape index (κ1) is 22.1. The average molecular weight is 474 g/mol. The molecule has 0 aliphatic rings. The number of furan rings is 1. The van der Waals surface area contributed by atoms with Gasteiger partial charge < -0.3 is 25.1 Å². The number of benzene rings is 1. The maximum atomic E-state index is 11.5. The monoisotopic (exact) mass is 474 g/mol. The minimum atomic E-state index is -0.498. The van der Waals surface area contributed by atoms with Gasteiger partial charge in [0.2, 0.25) is 0 Å². The summed E-state index contributed by atoms with van der Waals surface area (Å²) in [7, 11) is 1.69. The topological polar surface area (TPSA) is 87.9 Å². The molecule has 2 aromatic rings. The molecule has 0 spiro atoms. The van der Waals surface area contributed by atoms with E-state index >= 15 is 0 Å². The summed E-state index contributed by atoms with van der Waals surface area (Å²) in [5, 5.41) is 10.1. The number of guanidine groups is 1. The zero-order chi connectivity index (χ0) is 18.3. The van der Waals surface area contributed by atoms with Crippen LogP contribution in [-0.2, 0) is 11.3 Å². The Kier molecular flexibility index (Phi) is 8.70. The third-order valence-electron chi connectivity index (χ3n) is 3.22. The zero-order valence-electron chi connectivity index (χ0n) is 15.6. The van der Waals surface area contributed by atoms with Gasteiger partial charge in [0.1, 0.15) is 16.9 Å². The number of hydrogen-bond donors (Lipinski definition) is 3. The second-order valence-electron chi connectivity index (χ2n) is 6.53. The van der Waals surface area contributed by atoms with Crippen molar-refractivity contribution in [3.8, 4) is 0 Å². The molecule has 0 bridgehead atoms. The molecule has 0 saturated heterocycles. The highest BCUT2D eigenvalue weighted by Gasteiger charge is 2.15. The van der Waals surface area contributed by atoms with Crippen molar-refractivity contribution in [3.63, 3.8) is 0 Å². The second-order valence-corrected chi connectivity index (χ2v) is 6.53. The first-order chi connectivity index (χ1) is 11.9. The van der Waals surface area contributed by atoms with Crippen molar-refractivity contribution in [2.75, 3.05) is 20.1 Å². The molecule has 7 nitrogen and oxygen atoms in total. The largest absolute Gasteiger partial charge is 0.459 e. The van der Waals surface area contributed by atoms with Crippen LogP contribution in [-0.4, -0.2) is 37.8 Å². The number of nitrogens with zero attached hydrogens (tertiary/aromatic N) is 1. The molecule has 1 amide bonds. The number of aliphatic imine (C=N–C) groups is 1. The van der Waals surface area contributed by atoms with Crippen LogP contribution in [0.1, 0.15) is 26.5 Å². The molecule has 2 rings (SSSR count). The van der Waals surface area contributed by atoms with Crippen LogP contribution in [0.2, 0.25) is 0 Å². The van der Waals surface area contributed by atoms with Crippen molar-refractivity contribution >= 4 is 47.0 Å². The van der Waals surface area contributed by atoms with E-state index in [-0.39, 0.29) is 24.0 Å². The Labute approximate surface area is 171 Å². The third-order valence-corrected chi connectivity index (χ3v) is 3.22. The van der Waals surface area contributed by atoms with Crippen LogP contribution in [0.3, 0.4) is 0 Å². The molecule has 8 heteroatoms. The number of para-hydroxylation sites is 1. The fourth-order valence-electron chi connectivity index (χ4n) is 2.18. The van der Waals surface area contributed by atoms with E-state index in [9.17, 15) is 4.79 Å². The maximum Gasteiger partial charge on any atom is 0.407 e. The van der Waals surface area contributed by atoms with Gasteiger partial charge in [0, 0.05) is 25.5 Å². The SMILES string of the molecule is CN=C(NCCNC(=O)OC(C)(C)C)NCc1cc2ccccc2o1.I. The summed E-state index contributed by atoms with van der Waals surface area (Å²) < 4.78 is 10.9. The molecule has 1 aromatic carbocycles. The summed E-state index contributed by atoms with van der Waals surface area (Å²) in [6, 6.07) is 9.88. The highest BCUT2D eigenvalue weighted by Crippen LogP contribution is 2.18. The summed E-state index contributed by atoms with van der Waals surface area (Å²) in [4.78, 5) is 15.7. The lowest BCUT2D eigenvalue weighted by atomic mass is 10.2. The van der Waals surface area contributed by atoms with Gasteiger partial charge in [0.15, 0.2) is 5.96 Å². The van der Waals surface area contributed by atoms with E-state index in [1.165, 1.54) is 0 Å². The summed E-state index contributed by atoms with van der Waals surface area (Å²) in [6.45, 7) is 6.96. The average Bonchev–Trinajstić information content (AvgIpc) is 2.95. The van der Waals surface area contributed by atoms with Crippen LogP contribution in [0.4, 0.5) is 4.79 Å². The van der Waals surface area contributed by atoms with Crippen molar-refractivity contribution in [2.24, 2.45) is 4.99 Å². The molecule has 0 fully saturated rings. The van der Waals surface area contributed by atoms with Crippen LogP contribution in [0, 0.1) is 0 Å². The number of nitrogens with one attached hydrogen (secondary N) is 3. The lowest BCUT2D eigenvalue weighted by Gasteiger charge is -2.19. The molecule has 0 aliphatic carbocycles. The molecule has 144 valence electrons. The standard InChI is InChI=1S/C18H26N4O3.HI/c1-18(2,3)25-17(23)21-10-9-20-16(19-4)22-12-14-11-13-7-5-6-8-15(13)24-14;/h5-8,11H,9-10,12H2,1-4H3,(H,21,23)(H2,19,20,22);1H. The van der Waals surface area contributed by atoms with E-state index in [0.29, 0.717) is 25.6 Å². The summed E-state index contributed by atoms with van der Waals surface area (Å²) in [5.41, 5.74) is 0.366. The lowest BCUT2D eigenvalue weighted by molar-refractivity contribution is 0.0529. The molecular formula is C18H27IN4O3.